The van der Waals surface area contributed by atoms with Crippen molar-refractivity contribution in [1.29, 1.82) is 0 Å². The second kappa shape index (κ2) is 8.14. The van der Waals surface area contributed by atoms with Crippen molar-refractivity contribution in [3.63, 3.8) is 0 Å². The van der Waals surface area contributed by atoms with E-state index in [2.05, 4.69) is 15.2 Å². The Kier molecular flexibility index (Phi) is 5.68. The lowest BCUT2D eigenvalue weighted by atomic mass is 10.2. The summed E-state index contributed by atoms with van der Waals surface area (Å²) in [6.45, 7) is 4.07. The van der Waals surface area contributed by atoms with E-state index in [1.165, 1.54) is 29.5 Å². The van der Waals surface area contributed by atoms with Gasteiger partial charge in [-0.1, -0.05) is 12.1 Å². The topological polar surface area (TPSA) is 54.5 Å². The lowest BCUT2D eigenvalue weighted by Crippen LogP contribution is -2.35. The van der Waals surface area contributed by atoms with Crippen LogP contribution in [0.2, 0.25) is 0 Å². The van der Waals surface area contributed by atoms with Gasteiger partial charge in [-0.3, -0.25) is 15.0 Å². The number of aromatic nitrogens is 1. The fraction of sp³-hybridized carbons (Fsp3) is 0.294. The number of amides is 1. The molecular formula is C17H18FN3O2S. The molecule has 1 aliphatic rings. The molecule has 126 valence electrons. The average molecular weight is 347 g/mol. The van der Waals surface area contributed by atoms with Crippen LogP contribution in [0.5, 0.6) is 0 Å². The number of anilines is 1. The fourth-order valence-corrected chi connectivity index (χ4v) is 3.02. The largest absolute Gasteiger partial charge is 0.379 e. The van der Waals surface area contributed by atoms with E-state index >= 15 is 0 Å². The van der Waals surface area contributed by atoms with Gasteiger partial charge in [-0.25, -0.2) is 9.37 Å². The molecule has 3 rings (SSSR count). The van der Waals surface area contributed by atoms with E-state index in [0.29, 0.717) is 5.13 Å². The van der Waals surface area contributed by atoms with E-state index in [0.717, 1.165) is 44.1 Å². The van der Waals surface area contributed by atoms with Crippen LogP contribution in [-0.2, 0) is 16.1 Å². The molecule has 1 aliphatic heterocycles. The Bertz CT molecular complexity index is 709. The van der Waals surface area contributed by atoms with Crippen molar-refractivity contribution in [1.82, 2.24) is 9.88 Å². The number of nitrogens with zero attached hydrogens (tertiary/aromatic N) is 2. The van der Waals surface area contributed by atoms with Crippen molar-refractivity contribution in [2.45, 2.75) is 6.54 Å². The molecule has 0 radical (unpaired) electrons. The van der Waals surface area contributed by atoms with Gasteiger partial charge in [-0.15, -0.1) is 11.3 Å². The number of carbonyl (C=O) groups excluding carboxylic acids is 1. The Morgan fingerprint density at radius 1 is 1.33 bits per heavy atom. The number of halogens is 1. The summed E-state index contributed by atoms with van der Waals surface area (Å²) >= 11 is 1.41. The monoisotopic (exact) mass is 347 g/mol. The third-order valence-electron chi connectivity index (χ3n) is 3.57. The molecule has 1 aromatic carbocycles. The molecule has 0 bridgehead atoms. The summed E-state index contributed by atoms with van der Waals surface area (Å²) in [5, 5.41) is 5.27. The molecule has 0 saturated carbocycles. The van der Waals surface area contributed by atoms with Gasteiger partial charge in [0.25, 0.3) is 0 Å². The van der Waals surface area contributed by atoms with E-state index in [-0.39, 0.29) is 11.7 Å². The van der Waals surface area contributed by atoms with Gasteiger partial charge in [0, 0.05) is 31.1 Å². The summed E-state index contributed by atoms with van der Waals surface area (Å²) < 4.78 is 18.1. The number of thiazole rings is 1. The quantitative estimate of drug-likeness (QED) is 0.845. The molecule has 0 unspecified atom stereocenters. The molecule has 5 nitrogen and oxygen atoms in total. The second-order valence-corrected chi connectivity index (χ2v) is 6.26. The minimum Gasteiger partial charge on any atom is -0.379 e. The minimum atomic E-state index is -0.299. The third kappa shape index (κ3) is 4.95. The molecule has 2 aromatic rings. The molecule has 2 heterocycles. The predicted molar refractivity (Wildman–Crippen MR) is 92.3 cm³/mol. The van der Waals surface area contributed by atoms with E-state index in [9.17, 15) is 9.18 Å². The maximum Gasteiger partial charge on any atom is 0.250 e. The lowest BCUT2D eigenvalue weighted by molar-refractivity contribution is -0.111. The lowest BCUT2D eigenvalue weighted by Gasteiger charge is -2.25. The number of ether oxygens (including phenoxy) is 1. The van der Waals surface area contributed by atoms with E-state index in [1.807, 2.05) is 5.38 Å². The molecule has 1 aromatic heterocycles. The number of hydrogen-bond acceptors (Lipinski definition) is 5. The Balaban J connectivity index is 1.52. The third-order valence-corrected chi connectivity index (χ3v) is 4.37. The summed E-state index contributed by atoms with van der Waals surface area (Å²) in [5.41, 5.74) is 1.71. The Morgan fingerprint density at radius 3 is 2.83 bits per heavy atom. The highest BCUT2D eigenvalue weighted by atomic mass is 32.1. The highest BCUT2D eigenvalue weighted by Gasteiger charge is 2.13. The van der Waals surface area contributed by atoms with Gasteiger partial charge in [0.05, 0.1) is 18.9 Å². The Morgan fingerprint density at radius 2 is 2.08 bits per heavy atom. The molecule has 0 atom stereocenters. The molecular weight excluding hydrogens is 329 g/mol. The summed E-state index contributed by atoms with van der Waals surface area (Å²) in [6, 6.07) is 5.94. The van der Waals surface area contributed by atoms with Gasteiger partial charge in [0.15, 0.2) is 5.13 Å². The minimum absolute atomic E-state index is 0.258. The van der Waals surface area contributed by atoms with Crippen LogP contribution in [0.4, 0.5) is 9.52 Å². The van der Waals surface area contributed by atoms with Gasteiger partial charge in [0.1, 0.15) is 5.82 Å². The highest BCUT2D eigenvalue weighted by molar-refractivity contribution is 7.13. The molecule has 1 fully saturated rings. The summed E-state index contributed by atoms with van der Waals surface area (Å²) in [6.07, 6.45) is 3.05. The van der Waals surface area contributed by atoms with E-state index in [1.54, 1.807) is 18.2 Å². The van der Waals surface area contributed by atoms with Gasteiger partial charge in [-0.2, -0.15) is 0 Å². The first-order valence-electron chi connectivity index (χ1n) is 7.68. The van der Waals surface area contributed by atoms with Crippen LogP contribution in [0, 0.1) is 5.82 Å². The van der Waals surface area contributed by atoms with Gasteiger partial charge < -0.3 is 4.74 Å². The van der Waals surface area contributed by atoms with Crippen molar-refractivity contribution in [3.05, 3.63) is 52.8 Å². The van der Waals surface area contributed by atoms with Gasteiger partial charge in [-0.05, 0) is 23.8 Å². The van der Waals surface area contributed by atoms with Crippen LogP contribution in [0.25, 0.3) is 6.08 Å². The number of morpholine rings is 1. The molecule has 1 saturated heterocycles. The van der Waals surface area contributed by atoms with Crippen LogP contribution in [0.15, 0.2) is 35.7 Å². The normalized spacial score (nSPS) is 15.7. The number of hydrogen-bond donors (Lipinski definition) is 1. The first-order valence-corrected chi connectivity index (χ1v) is 8.56. The van der Waals surface area contributed by atoms with E-state index < -0.39 is 0 Å². The molecule has 0 aliphatic carbocycles. The molecule has 7 heteroatoms. The van der Waals surface area contributed by atoms with Crippen LogP contribution < -0.4 is 5.32 Å². The number of carbonyl (C=O) groups is 1. The molecule has 0 spiro atoms. The number of benzene rings is 1. The zero-order valence-electron chi connectivity index (χ0n) is 13.1. The van der Waals surface area contributed by atoms with Crippen LogP contribution in [0.3, 0.4) is 0 Å². The Labute approximate surface area is 143 Å². The fourth-order valence-electron chi connectivity index (χ4n) is 2.32. The van der Waals surface area contributed by atoms with E-state index in [4.69, 9.17) is 4.74 Å². The van der Waals surface area contributed by atoms with Crippen LogP contribution >= 0.6 is 11.3 Å². The number of rotatable bonds is 5. The Hall–Kier alpha value is -2.09. The van der Waals surface area contributed by atoms with Crippen molar-refractivity contribution in [2.24, 2.45) is 0 Å². The number of nitrogens with one attached hydrogen (secondary N) is 1. The maximum atomic E-state index is 12.8. The molecule has 1 amide bonds. The van der Waals surface area contributed by atoms with Crippen molar-refractivity contribution < 1.29 is 13.9 Å². The second-order valence-electron chi connectivity index (χ2n) is 5.41. The van der Waals surface area contributed by atoms with Gasteiger partial charge >= 0.3 is 0 Å². The summed E-state index contributed by atoms with van der Waals surface area (Å²) in [4.78, 5) is 18.6. The smallest absolute Gasteiger partial charge is 0.250 e. The predicted octanol–water partition coefficient (Wildman–Crippen LogP) is 2.77. The zero-order valence-corrected chi connectivity index (χ0v) is 13.9. The van der Waals surface area contributed by atoms with Gasteiger partial charge in [0.2, 0.25) is 5.91 Å². The highest BCUT2D eigenvalue weighted by Crippen LogP contribution is 2.17. The first-order chi connectivity index (χ1) is 11.7. The molecule has 1 N–H and O–H groups in total. The average Bonchev–Trinajstić information content (AvgIpc) is 3.02. The summed E-state index contributed by atoms with van der Waals surface area (Å²) in [5.74, 6) is -0.557. The van der Waals surface area contributed by atoms with Crippen molar-refractivity contribution in [2.75, 3.05) is 31.6 Å². The van der Waals surface area contributed by atoms with Crippen LogP contribution in [-0.4, -0.2) is 42.1 Å². The van der Waals surface area contributed by atoms with Crippen molar-refractivity contribution in [3.8, 4) is 0 Å². The standard InChI is InChI=1S/C17H18FN3O2S/c18-14-4-1-13(2-5-14)3-6-16(22)20-17-19-15(12-24-17)11-21-7-9-23-10-8-21/h1-6,12H,7-11H2,(H,19,20,22)/b6-3+. The molecule has 24 heavy (non-hydrogen) atoms. The van der Waals surface area contributed by atoms with Crippen LogP contribution in [0.1, 0.15) is 11.3 Å². The zero-order chi connectivity index (χ0) is 16.8. The first kappa shape index (κ1) is 16.8. The maximum absolute atomic E-state index is 12.8. The van der Waals surface area contributed by atoms with Crippen molar-refractivity contribution >= 4 is 28.5 Å². The SMILES string of the molecule is O=C(/C=C/c1ccc(F)cc1)Nc1nc(CN2CCOCC2)cs1. The summed E-state index contributed by atoms with van der Waals surface area (Å²) in [7, 11) is 0.